The third kappa shape index (κ3) is 3.17. The Morgan fingerprint density at radius 3 is 2.82 bits per heavy atom. The lowest BCUT2D eigenvalue weighted by molar-refractivity contribution is 0.0702. The maximum absolute atomic E-state index is 12.0. The van der Waals surface area contributed by atoms with Crippen LogP contribution in [-0.2, 0) is 16.6 Å². The van der Waals surface area contributed by atoms with Crippen LogP contribution in [0.2, 0.25) is 0 Å². The van der Waals surface area contributed by atoms with Crippen molar-refractivity contribution in [2.45, 2.75) is 5.75 Å². The summed E-state index contributed by atoms with van der Waals surface area (Å²) >= 11 is 0. The van der Waals surface area contributed by atoms with Crippen molar-refractivity contribution in [2.24, 2.45) is 0 Å². The molecule has 0 spiro atoms. The van der Waals surface area contributed by atoms with Crippen molar-refractivity contribution >= 4 is 16.7 Å². The number of nitrogens with zero attached hydrogens (tertiary/aromatic N) is 1. The molecule has 0 radical (unpaired) electrons. The molecule has 1 aromatic heterocycles. The van der Waals surface area contributed by atoms with Gasteiger partial charge in [-0.1, -0.05) is 0 Å². The number of amides is 1. The average Bonchev–Trinajstić information content (AvgIpc) is 2.77. The molecule has 1 saturated heterocycles. The van der Waals surface area contributed by atoms with Crippen molar-refractivity contribution in [2.75, 3.05) is 32.4 Å². The fraction of sp³-hybridized carbons (Fsp3) is 0.545. The molecule has 1 fully saturated rings. The normalized spacial score (nSPS) is 18.1. The lowest BCUT2D eigenvalue weighted by Gasteiger charge is -2.26. The Morgan fingerprint density at radius 1 is 1.47 bits per heavy atom. The highest BCUT2D eigenvalue weighted by Crippen LogP contribution is 2.12. The standard InChI is InChI=1S/C11H16N2O3S/c1-17(15)8-9-2-3-10(16-9)11(14)13-6-4-12-5-7-13/h2-3,12H,4-8H2,1H3. The first kappa shape index (κ1) is 12.3. The third-order valence-corrected chi connectivity index (χ3v) is 3.31. The molecule has 1 amide bonds. The Morgan fingerprint density at radius 2 is 2.18 bits per heavy atom. The van der Waals surface area contributed by atoms with E-state index in [2.05, 4.69) is 5.32 Å². The minimum atomic E-state index is -0.950. The van der Waals surface area contributed by atoms with E-state index in [1.165, 1.54) is 0 Å². The van der Waals surface area contributed by atoms with Crippen LogP contribution in [-0.4, -0.2) is 47.5 Å². The molecule has 94 valence electrons. The quantitative estimate of drug-likeness (QED) is 0.839. The van der Waals surface area contributed by atoms with E-state index in [1.807, 2.05) is 0 Å². The monoisotopic (exact) mass is 256 g/mol. The zero-order valence-corrected chi connectivity index (χ0v) is 10.6. The van der Waals surface area contributed by atoms with Crippen molar-refractivity contribution in [3.8, 4) is 0 Å². The molecule has 0 aromatic carbocycles. The van der Waals surface area contributed by atoms with Crippen LogP contribution in [0.3, 0.4) is 0 Å². The van der Waals surface area contributed by atoms with Crippen LogP contribution in [0, 0.1) is 0 Å². The van der Waals surface area contributed by atoms with Crippen LogP contribution in [0.1, 0.15) is 16.3 Å². The Hall–Kier alpha value is -1.14. The van der Waals surface area contributed by atoms with E-state index in [9.17, 15) is 9.00 Å². The minimum Gasteiger partial charge on any atom is -0.455 e. The van der Waals surface area contributed by atoms with Gasteiger partial charge >= 0.3 is 0 Å². The molecule has 1 atom stereocenters. The van der Waals surface area contributed by atoms with E-state index in [4.69, 9.17) is 4.42 Å². The Kier molecular flexibility index (Phi) is 3.96. The van der Waals surface area contributed by atoms with E-state index >= 15 is 0 Å². The van der Waals surface area contributed by atoms with E-state index in [1.54, 1.807) is 23.3 Å². The number of hydrogen-bond acceptors (Lipinski definition) is 4. The second-order valence-corrected chi connectivity index (χ2v) is 5.46. The van der Waals surface area contributed by atoms with Gasteiger partial charge in [-0.3, -0.25) is 9.00 Å². The number of nitrogens with one attached hydrogen (secondary N) is 1. The Balaban J connectivity index is 2.03. The number of carbonyl (C=O) groups is 1. The van der Waals surface area contributed by atoms with Gasteiger partial charge in [0.2, 0.25) is 0 Å². The molecular weight excluding hydrogens is 240 g/mol. The Bertz CT molecular complexity index is 424. The van der Waals surface area contributed by atoms with Crippen LogP contribution in [0.5, 0.6) is 0 Å². The number of piperazine rings is 1. The lowest BCUT2D eigenvalue weighted by atomic mass is 10.3. The molecule has 1 aliphatic heterocycles. The number of hydrogen-bond donors (Lipinski definition) is 1. The molecule has 2 rings (SSSR count). The van der Waals surface area contributed by atoms with Crippen molar-refractivity contribution < 1.29 is 13.4 Å². The van der Waals surface area contributed by atoms with Gasteiger partial charge in [-0.25, -0.2) is 0 Å². The Labute approximate surface area is 103 Å². The summed E-state index contributed by atoms with van der Waals surface area (Å²) in [6.45, 7) is 3.04. The largest absolute Gasteiger partial charge is 0.455 e. The lowest BCUT2D eigenvalue weighted by Crippen LogP contribution is -2.46. The van der Waals surface area contributed by atoms with Gasteiger partial charge in [-0.2, -0.15) is 0 Å². The van der Waals surface area contributed by atoms with Gasteiger partial charge in [-0.15, -0.1) is 0 Å². The summed E-state index contributed by atoms with van der Waals surface area (Å²) in [5.41, 5.74) is 0. The molecule has 0 saturated carbocycles. The molecule has 1 N–H and O–H groups in total. The topological polar surface area (TPSA) is 62.6 Å². The minimum absolute atomic E-state index is 0.0837. The first-order valence-corrected chi connectivity index (χ1v) is 7.28. The van der Waals surface area contributed by atoms with E-state index in [-0.39, 0.29) is 5.91 Å². The summed E-state index contributed by atoms with van der Waals surface area (Å²) in [5, 5.41) is 3.19. The molecule has 1 unspecified atom stereocenters. The highest BCUT2D eigenvalue weighted by molar-refractivity contribution is 7.83. The summed E-state index contributed by atoms with van der Waals surface area (Å²) in [5.74, 6) is 1.21. The average molecular weight is 256 g/mol. The molecule has 1 aromatic rings. The smallest absolute Gasteiger partial charge is 0.289 e. The summed E-state index contributed by atoms with van der Waals surface area (Å²) in [7, 11) is -0.950. The maximum Gasteiger partial charge on any atom is 0.289 e. The molecule has 6 heteroatoms. The SMILES string of the molecule is CS(=O)Cc1ccc(C(=O)N2CCNCC2)o1. The van der Waals surface area contributed by atoms with Gasteiger partial charge in [0.15, 0.2) is 5.76 Å². The van der Waals surface area contributed by atoms with E-state index < -0.39 is 10.8 Å². The summed E-state index contributed by atoms with van der Waals surface area (Å²) < 4.78 is 16.4. The zero-order chi connectivity index (χ0) is 12.3. The highest BCUT2D eigenvalue weighted by atomic mass is 32.2. The van der Waals surface area contributed by atoms with E-state index in [0.717, 1.165) is 13.1 Å². The molecule has 0 aliphatic carbocycles. The second kappa shape index (κ2) is 5.46. The molecular formula is C11H16N2O3S. The number of rotatable bonds is 3. The highest BCUT2D eigenvalue weighted by Gasteiger charge is 2.20. The number of furan rings is 1. The van der Waals surface area contributed by atoms with Crippen LogP contribution in [0.4, 0.5) is 0 Å². The van der Waals surface area contributed by atoms with Crippen molar-refractivity contribution in [3.05, 3.63) is 23.7 Å². The molecule has 17 heavy (non-hydrogen) atoms. The van der Waals surface area contributed by atoms with Crippen molar-refractivity contribution in [3.63, 3.8) is 0 Å². The van der Waals surface area contributed by atoms with Crippen molar-refractivity contribution in [1.29, 1.82) is 0 Å². The molecule has 0 bridgehead atoms. The van der Waals surface area contributed by atoms with Gasteiger partial charge in [0.25, 0.3) is 5.91 Å². The number of carbonyl (C=O) groups excluding carboxylic acids is 1. The predicted molar refractivity (Wildman–Crippen MR) is 65.3 cm³/mol. The fourth-order valence-corrected chi connectivity index (χ4v) is 2.35. The maximum atomic E-state index is 12.0. The third-order valence-electron chi connectivity index (χ3n) is 2.62. The summed E-state index contributed by atoms with van der Waals surface area (Å²) in [6, 6.07) is 3.38. The fourth-order valence-electron chi connectivity index (χ4n) is 1.79. The van der Waals surface area contributed by atoms with Gasteiger partial charge in [-0.05, 0) is 12.1 Å². The predicted octanol–water partition coefficient (Wildman–Crippen LogP) is 0.204. The molecule has 5 nitrogen and oxygen atoms in total. The second-order valence-electron chi connectivity index (χ2n) is 4.03. The zero-order valence-electron chi connectivity index (χ0n) is 9.77. The summed E-state index contributed by atoms with van der Waals surface area (Å²) in [6.07, 6.45) is 1.61. The van der Waals surface area contributed by atoms with Crippen LogP contribution < -0.4 is 5.32 Å². The first-order chi connectivity index (χ1) is 8.16. The van der Waals surface area contributed by atoms with Crippen LogP contribution in [0.25, 0.3) is 0 Å². The van der Waals surface area contributed by atoms with Gasteiger partial charge in [0.05, 0.1) is 5.75 Å². The van der Waals surface area contributed by atoms with Crippen LogP contribution in [0.15, 0.2) is 16.5 Å². The van der Waals surface area contributed by atoms with Gasteiger partial charge < -0.3 is 14.6 Å². The molecule has 1 aliphatic rings. The van der Waals surface area contributed by atoms with Gasteiger partial charge in [0.1, 0.15) is 5.76 Å². The molecule has 2 heterocycles. The van der Waals surface area contributed by atoms with Crippen LogP contribution >= 0.6 is 0 Å². The van der Waals surface area contributed by atoms with E-state index in [0.29, 0.717) is 30.4 Å². The van der Waals surface area contributed by atoms with Gasteiger partial charge in [0, 0.05) is 43.2 Å². The van der Waals surface area contributed by atoms with Crippen molar-refractivity contribution in [1.82, 2.24) is 10.2 Å². The first-order valence-electron chi connectivity index (χ1n) is 5.55. The summed E-state index contributed by atoms with van der Waals surface area (Å²) in [4.78, 5) is 13.8.